The van der Waals surface area contributed by atoms with E-state index in [-0.39, 0.29) is 30.4 Å². The molecule has 0 N–H and O–H groups in total. The highest BCUT2D eigenvalue weighted by molar-refractivity contribution is 5.95. The Hall–Kier alpha value is -2.80. The van der Waals surface area contributed by atoms with Crippen molar-refractivity contribution >= 4 is 17.6 Å². The molecule has 1 saturated heterocycles. The third-order valence-electron chi connectivity index (χ3n) is 5.98. The van der Waals surface area contributed by atoms with Gasteiger partial charge in [-0.1, -0.05) is 30.3 Å². The number of hydrogen-bond donors (Lipinski definition) is 0. The molecule has 1 atom stereocenters. The van der Waals surface area contributed by atoms with Crippen LogP contribution in [0.5, 0.6) is 0 Å². The van der Waals surface area contributed by atoms with E-state index in [0.717, 1.165) is 34.9 Å². The number of ether oxygens (including phenoxy) is 1. The van der Waals surface area contributed by atoms with Gasteiger partial charge in [-0.2, -0.15) is 0 Å². The van der Waals surface area contributed by atoms with E-state index >= 15 is 0 Å². The molecular weight excluding hydrogens is 392 g/mol. The first-order valence-electron chi connectivity index (χ1n) is 11.0. The van der Waals surface area contributed by atoms with Crippen LogP contribution >= 0.6 is 0 Å². The summed E-state index contributed by atoms with van der Waals surface area (Å²) in [6.07, 6.45) is 2.00. The minimum atomic E-state index is 0.00626. The van der Waals surface area contributed by atoms with Crippen LogP contribution in [0.1, 0.15) is 55.3 Å². The van der Waals surface area contributed by atoms with Crippen molar-refractivity contribution in [3.05, 3.63) is 53.0 Å². The Kier molecular flexibility index (Phi) is 6.32. The zero-order valence-corrected chi connectivity index (χ0v) is 18.5. The monoisotopic (exact) mass is 422 g/mol. The number of carbonyl (C=O) groups excluding carboxylic acids is 2. The van der Waals surface area contributed by atoms with Gasteiger partial charge in [-0.25, -0.2) is 9.97 Å². The number of likely N-dealkylation sites (tertiary alicyclic amines) is 1. The first-order chi connectivity index (χ1) is 14.9. The number of nitrogens with zero attached hydrogens (tertiary/aromatic N) is 4. The SMILES string of the molecule is Cc1nc([C@H]2CCN(C(=O)COC(C)C)C2)nc2c1CCC(=O)N2Cc1ccccc1. The summed E-state index contributed by atoms with van der Waals surface area (Å²) in [7, 11) is 0. The molecule has 2 aliphatic heterocycles. The largest absolute Gasteiger partial charge is 0.369 e. The number of amides is 2. The molecule has 0 saturated carbocycles. The smallest absolute Gasteiger partial charge is 0.248 e. The van der Waals surface area contributed by atoms with Crippen molar-refractivity contribution in [1.82, 2.24) is 14.9 Å². The first-order valence-corrected chi connectivity index (χ1v) is 11.0. The van der Waals surface area contributed by atoms with Gasteiger partial charge in [0.25, 0.3) is 0 Å². The number of rotatable bonds is 6. The molecule has 2 amide bonds. The molecule has 2 aromatic rings. The summed E-state index contributed by atoms with van der Waals surface area (Å²) in [5, 5.41) is 0. The Morgan fingerprint density at radius 2 is 1.97 bits per heavy atom. The van der Waals surface area contributed by atoms with E-state index in [1.165, 1.54) is 0 Å². The fraction of sp³-hybridized carbons (Fsp3) is 0.500. The maximum Gasteiger partial charge on any atom is 0.248 e. The van der Waals surface area contributed by atoms with Crippen LogP contribution in [0.3, 0.4) is 0 Å². The topological polar surface area (TPSA) is 75.6 Å². The van der Waals surface area contributed by atoms with Crippen LogP contribution in [0, 0.1) is 6.92 Å². The van der Waals surface area contributed by atoms with Crippen LogP contribution < -0.4 is 4.90 Å². The zero-order chi connectivity index (χ0) is 22.0. The second-order valence-electron chi connectivity index (χ2n) is 8.62. The molecule has 1 aromatic carbocycles. The summed E-state index contributed by atoms with van der Waals surface area (Å²) in [5.41, 5.74) is 3.05. The van der Waals surface area contributed by atoms with Gasteiger partial charge >= 0.3 is 0 Å². The van der Waals surface area contributed by atoms with Gasteiger partial charge in [0.05, 0.1) is 12.6 Å². The molecule has 2 aliphatic rings. The Bertz CT molecular complexity index is 961. The summed E-state index contributed by atoms with van der Waals surface area (Å²) < 4.78 is 5.47. The molecule has 164 valence electrons. The van der Waals surface area contributed by atoms with Crippen molar-refractivity contribution in [2.24, 2.45) is 0 Å². The number of aromatic nitrogens is 2. The maximum absolute atomic E-state index is 12.8. The van der Waals surface area contributed by atoms with Crippen molar-refractivity contribution < 1.29 is 14.3 Å². The molecule has 0 aliphatic carbocycles. The van der Waals surface area contributed by atoms with E-state index in [9.17, 15) is 9.59 Å². The van der Waals surface area contributed by atoms with Crippen LogP contribution in [-0.4, -0.2) is 52.5 Å². The van der Waals surface area contributed by atoms with Crippen LogP contribution in [0.2, 0.25) is 0 Å². The van der Waals surface area contributed by atoms with E-state index in [1.807, 2.05) is 56.0 Å². The summed E-state index contributed by atoms with van der Waals surface area (Å²) in [4.78, 5) is 38.5. The van der Waals surface area contributed by atoms with Gasteiger partial charge < -0.3 is 9.64 Å². The normalized spacial score (nSPS) is 18.6. The van der Waals surface area contributed by atoms with Crippen molar-refractivity contribution in [2.45, 2.75) is 58.6 Å². The Morgan fingerprint density at radius 3 is 2.71 bits per heavy atom. The molecule has 0 unspecified atom stereocenters. The predicted octanol–water partition coefficient (Wildman–Crippen LogP) is 3.01. The number of anilines is 1. The lowest BCUT2D eigenvalue weighted by Gasteiger charge is -2.30. The molecule has 0 bridgehead atoms. The Labute approximate surface area is 183 Å². The Morgan fingerprint density at radius 1 is 1.19 bits per heavy atom. The Balaban J connectivity index is 1.55. The fourth-order valence-corrected chi connectivity index (χ4v) is 4.24. The van der Waals surface area contributed by atoms with Crippen molar-refractivity contribution in [2.75, 3.05) is 24.6 Å². The highest BCUT2D eigenvalue weighted by Gasteiger charge is 2.33. The molecule has 0 radical (unpaired) electrons. The van der Waals surface area contributed by atoms with Gasteiger partial charge in [-0.3, -0.25) is 14.5 Å². The van der Waals surface area contributed by atoms with E-state index in [0.29, 0.717) is 32.5 Å². The summed E-state index contributed by atoms with van der Waals surface area (Å²) >= 11 is 0. The average molecular weight is 423 g/mol. The number of fused-ring (bicyclic) bond motifs is 1. The molecule has 3 heterocycles. The van der Waals surface area contributed by atoms with E-state index in [1.54, 1.807) is 4.90 Å². The van der Waals surface area contributed by atoms with Crippen molar-refractivity contribution in [1.29, 1.82) is 0 Å². The van der Waals surface area contributed by atoms with Crippen LogP contribution in [0.4, 0.5) is 5.82 Å². The van der Waals surface area contributed by atoms with E-state index < -0.39 is 0 Å². The van der Waals surface area contributed by atoms with E-state index in [4.69, 9.17) is 14.7 Å². The molecule has 4 rings (SSSR count). The molecule has 31 heavy (non-hydrogen) atoms. The quantitative estimate of drug-likeness (QED) is 0.715. The average Bonchev–Trinajstić information content (AvgIpc) is 3.25. The number of carbonyl (C=O) groups is 2. The van der Waals surface area contributed by atoms with Gasteiger partial charge in [0.15, 0.2) is 0 Å². The third kappa shape index (κ3) is 4.77. The zero-order valence-electron chi connectivity index (χ0n) is 18.5. The van der Waals surface area contributed by atoms with Crippen LogP contribution in [-0.2, 0) is 27.3 Å². The molecule has 7 heteroatoms. The molecule has 0 spiro atoms. The summed E-state index contributed by atoms with van der Waals surface area (Å²) in [6.45, 7) is 7.72. The van der Waals surface area contributed by atoms with Crippen molar-refractivity contribution in [3.63, 3.8) is 0 Å². The molecule has 1 fully saturated rings. The molecule has 7 nitrogen and oxygen atoms in total. The second kappa shape index (κ2) is 9.14. The number of hydrogen-bond acceptors (Lipinski definition) is 5. The predicted molar refractivity (Wildman–Crippen MR) is 118 cm³/mol. The number of aryl methyl sites for hydroxylation is 1. The van der Waals surface area contributed by atoms with Gasteiger partial charge in [0, 0.05) is 36.7 Å². The van der Waals surface area contributed by atoms with Gasteiger partial charge in [-0.05, 0) is 39.2 Å². The van der Waals surface area contributed by atoms with Crippen LogP contribution in [0.15, 0.2) is 30.3 Å². The van der Waals surface area contributed by atoms with E-state index in [2.05, 4.69) is 0 Å². The highest BCUT2D eigenvalue weighted by atomic mass is 16.5. The lowest BCUT2D eigenvalue weighted by molar-refractivity contribution is -0.136. The minimum absolute atomic E-state index is 0.00626. The van der Waals surface area contributed by atoms with Gasteiger partial charge in [0.2, 0.25) is 11.8 Å². The molecule has 1 aromatic heterocycles. The lowest BCUT2D eigenvalue weighted by atomic mass is 10.0. The van der Waals surface area contributed by atoms with Gasteiger partial charge in [0.1, 0.15) is 18.2 Å². The third-order valence-corrected chi connectivity index (χ3v) is 5.98. The summed E-state index contributed by atoms with van der Waals surface area (Å²) in [6, 6.07) is 9.98. The van der Waals surface area contributed by atoms with Crippen LogP contribution in [0.25, 0.3) is 0 Å². The number of benzene rings is 1. The minimum Gasteiger partial charge on any atom is -0.369 e. The standard InChI is InChI=1S/C24H30N4O3/c1-16(2)31-15-22(30)27-12-11-19(14-27)23-25-17(3)20-9-10-21(29)28(24(20)26-23)13-18-7-5-4-6-8-18/h4-8,16,19H,9-15H2,1-3H3/t19-/m0/s1. The van der Waals surface area contributed by atoms with Gasteiger partial charge in [-0.15, -0.1) is 0 Å². The molecular formula is C24H30N4O3. The maximum atomic E-state index is 12.8. The summed E-state index contributed by atoms with van der Waals surface area (Å²) in [5.74, 6) is 1.63. The first kappa shape index (κ1) is 21.4. The van der Waals surface area contributed by atoms with Crippen molar-refractivity contribution in [3.8, 4) is 0 Å². The fourth-order valence-electron chi connectivity index (χ4n) is 4.24. The second-order valence-corrected chi connectivity index (χ2v) is 8.62. The highest BCUT2D eigenvalue weighted by Crippen LogP contribution is 2.33. The lowest BCUT2D eigenvalue weighted by Crippen LogP contribution is -2.36.